The molecule has 6 heteroatoms. The molecule has 0 unspecified atom stereocenters. The Morgan fingerprint density at radius 3 is 2.35 bits per heavy atom. The molecule has 0 aliphatic rings. The third kappa shape index (κ3) is 3.85. The highest BCUT2D eigenvalue weighted by Gasteiger charge is 2.04. The average molecular weight is 311 g/mol. The van der Waals surface area contributed by atoms with Crippen molar-refractivity contribution >= 4 is 34.6 Å². The highest BCUT2D eigenvalue weighted by Crippen LogP contribution is 2.25. The lowest BCUT2D eigenvalue weighted by Gasteiger charge is -2.07. The fourth-order valence-electron chi connectivity index (χ4n) is 1.74. The lowest BCUT2D eigenvalue weighted by Crippen LogP contribution is -2.04. The lowest BCUT2D eigenvalue weighted by molar-refractivity contribution is -0.384. The normalized spacial score (nSPS) is 10.3. The topological polar surface area (TPSA) is 55.2 Å². The van der Waals surface area contributed by atoms with Crippen LogP contribution in [0.4, 0.5) is 11.4 Å². The van der Waals surface area contributed by atoms with E-state index in [1.54, 1.807) is 24.3 Å². The van der Waals surface area contributed by atoms with Gasteiger partial charge in [-0.1, -0.05) is 35.3 Å². The van der Waals surface area contributed by atoms with Gasteiger partial charge in [-0.05, 0) is 30.2 Å². The van der Waals surface area contributed by atoms with Crippen LogP contribution < -0.4 is 5.32 Å². The first-order valence-corrected chi connectivity index (χ1v) is 6.74. The summed E-state index contributed by atoms with van der Waals surface area (Å²) in [6, 6.07) is 11.9. The summed E-state index contributed by atoms with van der Waals surface area (Å²) in [7, 11) is 0. The van der Waals surface area contributed by atoms with Crippen molar-refractivity contribution in [1.29, 1.82) is 0 Å². The number of benzene rings is 2. The Hall–Kier alpha value is -1.78. The minimum atomic E-state index is -0.405. The van der Waals surface area contributed by atoms with Crippen LogP contribution in [0, 0.1) is 10.1 Å². The number of nitro benzene ring substituents is 1. The van der Waals surface area contributed by atoms with E-state index < -0.39 is 4.92 Å². The molecule has 0 saturated heterocycles. The number of nitro groups is 1. The Kier molecular flexibility index (Phi) is 4.82. The van der Waals surface area contributed by atoms with Crippen LogP contribution in [0.15, 0.2) is 42.5 Å². The Labute approximate surface area is 126 Å². The maximum Gasteiger partial charge on any atom is 0.269 e. The zero-order valence-electron chi connectivity index (χ0n) is 10.5. The molecule has 2 rings (SSSR count). The molecule has 0 radical (unpaired) electrons. The standard InChI is InChI=1S/C14H12Cl2N2O2/c15-13-6-3-11(9-14(13)16)17-8-7-10-1-4-12(5-2-10)18(19)20/h1-6,9,17H,7-8H2. The quantitative estimate of drug-likeness (QED) is 0.650. The third-order valence-corrected chi connectivity index (χ3v) is 3.55. The van der Waals surface area contributed by atoms with Gasteiger partial charge in [-0.3, -0.25) is 10.1 Å². The van der Waals surface area contributed by atoms with Crippen LogP contribution in [-0.4, -0.2) is 11.5 Å². The SMILES string of the molecule is O=[N+]([O-])c1ccc(CCNc2ccc(Cl)c(Cl)c2)cc1. The van der Waals surface area contributed by atoms with E-state index in [0.29, 0.717) is 16.6 Å². The predicted octanol–water partition coefficient (Wildman–Crippen LogP) is 4.56. The first-order valence-electron chi connectivity index (χ1n) is 5.98. The number of nitrogens with one attached hydrogen (secondary N) is 1. The fourth-order valence-corrected chi connectivity index (χ4v) is 2.04. The van der Waals surface area contributed by atoms with Crippen LogP contribution in [0.2, 0.25) is 10.0 Å². The summed E-state index contributed by atoms with van der Waals surface area (Å²) >= 11 is 11.8. The Morgan fingerprint density at radius 1 is 1.05 bits per heavy atom. The summed E-state index contributed by atoms with van der Waals surface area (Å²) < 4.78 is 0. The molecule has 0 aromatic heterocycles. The van der Waals surface area contributed by atoms with Crippen molar-refractivity contribution in [3.63, 3.8) is 0 Å². The summed E-state index contributed by atoms with van der Waals surface area (Å²) in [6.45, 7) is 0.704. The maximum atomic E-state index is 10.5. The smallest absolute Gasteiger partial charge is 0.269 e. The zero-order chi connectivity index (χ0) is 14.5. The van der Waals surface area contributed by atoms with E-state index in [0.717, 1.165) is 17.7 Å². The highest BCUT2D eigenvalue weighted by atomic mass is 35.5. The van der Waals surface area contributed by atoms with E-state index in [2.05, 4.69) is 5.32 Å². The molecular weight excluding hydrogens is 299 g/mol. The van der Waals surface area contributed by atoms with Crippen molar-refractivity contribution < 1.29 is 4.92 Å². The van der Waals surface area contributed by atoms with Crippen molar-refractivity contribution in [2.45, 2.75) is 6.42 Å². The Bertz CT molecular complexity index is 615. The molecule has 0 aliphatic carbocycles. The molecule has 0 bridgehead atoms. The maximum absolute atomic E-state index is 10.5. The number of nitrogens with zero attached hydrogens (tertiary/aromatic N) is 1. The van der Waals surface area contributed by atoms with Crippen molar-refractivity contribution in [2.75, 3.05) is 11.9 Å². The van der Waals surface area contributed by atoms with E-state index in [-0.39, 0.29) is 5.69 Å². The van der Waals surface area contributed by atoms with Gasteiger partial charge in [0, 0.05) is 24.4 Å². The van der Waals surface area contributed by atoms with E-state index >= 15 is 0 Å². The van der Waals surface area contributed by atoms with Crippen LogP contribution in [0.5, 0.6) is 0 Å². The number of halogens is 2. The predicted molar refractivity (Wildman–Crippen MR) is 81.8 cm³/mol. The van der Waals surface area contributed by atoms with Gasteiger partial charge < -0.3 is 5.32 Å². The van der Waals surface area contributed by atoms with Crippen LogP contribution in [0.3, 0.4) is 0 Å². The monoisotopic (exact) mass is 310 g/mol. The molecule has 0 fully saturated rings. The number of hydrogen-bond donors (Lipinski definition) is 1. The van der Waals surface area contributed by atoms with Gasteiger partial charge in [-0.25, -0.2) is 0 Å². The zero-order valence-corrected chi connectivity index (χ0v) is 12.0. The second-order valence-corrected chi connectivity index (χ2v) is 5.04. The number of rotatable bonds is 5. The van der Waals surface area contributed by atoms with Crippen LogP contribution in [-0.2, 0) is 6.42 Å². The van der Waals surface area contributed by atoms with Crippen LogP contribution >= 0.6 is 23.2 Å². The van der Waals surface area contributed by atoms with Gasteiger partial charge in [-0.2, -0.15) is 0 Å². The third-order valence-electron chi connectivity index (χ3n) is 2.81. The van der Waals surface area contributed by atoms with E-state index in [1.807, 2.05) is 6.07 Å². The molecule has 4 nitrogen and oxygen atoms in total. The summed E-state index contributed by atoms with van der Waals surface area (Å²) in [4.78, 5) is 10.1. The molecule has 0 aliphatic heterocycles. The van der Waals surface area contributed by atoms with Crippen molar-refractivity contribution in [3.8, 4) is 0 Å². The highest BCUT2D eigenvalue weighted by molar-refractivity contribution is 6.42. The molecular formula is C14H12Cl2N2O2. The van der Waals surface area contributed by atoms with Crippen LogP contribution in [0.1, 0.15) is 5.56 Å². The number of anilines is 1. The molecule has 0 atom stereocenters. The van der Waals surface area contributed by atoms with Crippen LogP contribution in [0.25, 0.3) is 0 Å². The lowest BCUT2D eigenvalue weighted by atomic mass is 10.1. The molecule has 2 aromatic rings. The largest absolute Gasteiger partial charge is 0.385 e. The Morgan fingerprint density at radius 2 is 1.75 bits per heavy atom. The van der Waals surface area contributed by atoms with Gasteiger partial charge in [0.25, 0.3) is 5.69 Å². The summed E-state index contributed by atoms with van der Waals surface area (Å²) in [5.41, 5.74) is 2.02. The Balaban J connectivity index is 1.89. The van der Waals surface area contributed by atoms with E-state index in [4.69, 9.17) is 23.2 Å². The van der Waals surface area contributed by atoms with E-state index in [1.165, 1.54) is 12.1 Å². The van der Waals surface area contributed by atoms with Gasteiger partial charge in [-0.15, -0.1) is 0 Å². The minimum absolute atomic E-state index is 0.103. The number of hydrogen-bond acceptors (Lipinski definition) is 3. The molecule has 104 valence electrons. The molecule has 0 heterocycles. The summed E-state index contributed by atoms with van der Waals surface area (Å²) in [6.07, 6.45) is 0.762. The van der Waals surface area contributed by atoms with Gasteiger partial charge in [0.05, 0.1) is 15.0 Å². The fraction of sp³-hybridized carbons (Fsp3) is 0.143. The molecule has 20 heavy (non-hydrogen) atoms. The molecule has 0 amide bonds. The molecule has 1 N–H and O–H groups in total. The summed E-state index contributed by atoms with van der Waals surface area (Å²) in [5, 5.41) is 14.8. The molecule has 0 saturated carbocycles. The first kappa shape index (κ1) is 14.6. The minimum Gasteiger partial charge on any atom is -0.385 e. The van der Waals surface area contributed by atoms with E-state index in [9.17, 15) is 10.1 Å². The van der Waals surface area contributed by atoms with Gasteiger partial charge in [0.15, 0.2) is 0 Å². The van der Waals surface area contributed by atoms with Crippen molar-refractivity contribution in [1.82, 2.24) is 0 Å². The van der Waals surface area contributed by atoms with Crippen molar-refractivity contribution in [2.24, 2.45) is 0 Å². The number of non-ortho nitro benzene ring substituents is 1. The van der Waals surface area contributed by atoms with Gasteiger partial charge in [0.1, 0.15) is 0 Å². The first-order chi connectivity index (χ1) is 9.56. The second kappa shape index (κ2) is 6.59. The van der Waals surface area contributed by atoms with Gasteiger partial charge >= 0.3 is 0 Å². The molecule has 2 aromatic carbocycles. The molecule has 0 spiro atoms. The average Bonchev–Trinajstić information content (AvgIpc) is 2.43. The summed E-state index contributed by atoms with van der Waals surface area (Å²) in [5.74, 6) is 0. The van der Waals surface area contributed by atoms with Crippen molar-refractivity contribution in [3.05, 3.63) is 68.2 Å². The van der Waals surface area contributed by atoms with Gasteiger partial charge in [0.2, 0.25) is 0 Å². The second-order valence-electron chi connectivity index (χ2n) is 4.23.